The first-order valence-electron chi connectivity index (χ1n) is 4.11. The van der Waals surface area contributed by atoms with E-state index in [1.54, 1.807) is 0 Å². The molecule has 0 fully saturated rings. The summed E-state index contributed by atoms with van der Waals surface area (Å²) in [6.07, 6.45) is 1.42. The highest BCUT2D eigenvalue weighted by molar-refractivity contribution is 5.93. The van der Waals surface area contributed by atoms with E-state index in [2.05, 4.69) is 6.58 Å². The van der Waals surface area contributed by atoms with E-state index in [0.29, 0.717) is 0 Å². The molecule has 0 aliphatic heterocycles. The fourth-order valence-electron chi connectivity index (χ4n) is 0.818. The van der Waals surface area contributed by atoms with E-state index in [0.717, 1.165) is 4.90 Å². The third kappa shape index (κ3) is 2.89. The first-order valence-corrected chi connectivity index (χ1v) is 4.11. The monoisotopic (exact) mass is 184 g/mol. The average molecular weight is 184 g/mol. The van der Waals surface area contributed by atoms with Crippen molar-refractivity contribution >= 4 is 11.9 Å². The zero-order valence-corrected chi connectivity index (χ0v) is 8.57. The van der Waals surface area contributed by atoms with Gasteiger partial charge in [-0.1, -0.05) is 6.58 Å². The van der Waals surface area contributed by atoms with Crippen LogP contribution in [0.5, 0.6) is 0 Å². The van der Waals surface area contributed by atoms with E-state index >= 15 is 0 Å². The molecule has 0 radical (unpaired) electrons. The summed E-state index contributed by atoms with van der Waals surface area (Å²) in [5.74, 6) is -0.280. The van der Waals surface area contributed by atoms with Crippen LogP contribution in [0.25, 0.3) is 0 Å². The molecule has 0 aliphatic carbocycles. The largest absolute Gasteiger partial charge is 0.330 e. The predicted molar refractivity (Wildman–Crippen MR) is 51.0 cm³/mol. The van der Waals surface area contributed by atoms with E-state index in [9.17, 15) is 9.59 Å². The second kappa shape index (κ2) is 4.64. The molecule has 0 aromatic carbocycles. The molecule has 0 N–H and O–H groups in total. The molecule has 0 atom stereocenters. The smallest absolute Gasteiger partial charge is 0.299 e. The molecule has 0 heterocycles. The summed E-state index contributed by atoms with van der Waals surface area (Å²) in [7, 11) is 1.45. The van der Waals surface area contributed by atoms with Crippen LogP contribution in [0.3, 0.4) is 0 Å². The van der Waals surface area contributed by atoms with Crippen LogP contribution in [0.15, 0.2) is 12.8 Å². The van der Waals surface area contributed by atoms with E-state index in [4.69, 9.17) is 0 Å². The summed E-state index contributed by atoms with van der Waals surface area (Å²) in [4.78, 5) is 24.9. The lowest BCUT2D eigenvalue weighted by Crippen LogP contribution is -2.43. The van der Waals surface area contributed by atoms with Crippen molar-refractivity contribution in [1.82, 2.24) is 9.80 Å². The fourth-order valence-corrected chi connectivity index (χ4v) is 0.818. The van der Waals surface area contributed by atoms with Gasteiger partial charge in [0, 0.05) is 26.2 Å². The highest BCUT2D eigenvalue weighted by Gasteiger charge is 2.20. The van der Waals surface area contributed by atoms with Gasteiger partial charge < -0.3 is 0 Å². The molecule has 3 amide bonds. The highest BCUT2D eigenvalue weighted by atomic mass is 16.2. The summed E-state index contributed by atoms with van der Waals surface area (Å²) in [6.45, 7) is 8.57. The average Bonchev–Trinajstić information content (AvgIpc) is 2.03. The Bertz CT molecular complexity index is 224. The van der Waals surface area contributed by atoms with Crippen LogP contribution >= 0.6 is 0 Å². The van der Waals surface area contributed by atoms with Gasteiger partial charge >= 0.3 is 6.03 Å². The Kier molecular flexibility index (Phi) is 4.17. The molecular weight excluding hydrogens is 168 g/mol. The van der Waals surface area contributed by atoms with Gasteiger partial charge in [-0.2, -0.15) is 0 Å². The Morgan fingerprint density at radius 1 is 1.38 bits per heavy atom. The van der Waals surface area contributed by atoms with Crippen LogP contribution in [0.1, 0.15) is 20.8 Å². The number of hydrogen-bond acceptors (Lipinski definition) is 2. The van der Waals surface area contributed by atoms with Crippen molar-refractivity contribution in [3.8, 4) is 0 Å². The number of carbonyl (C=O) groups is 2. The minimum Gasteiger partial charge on any atom is -0.299 e. The van der Waals surface area contributed by atoms with Crippen LogP contribution in [-0.4, -0.2) is 34.8 Å². The quantitative estimate of drug-likeness (QED) is 0.651. The molecule has 4 heteroatoms. The molecule has 0 spiro atoms. The van der Waals surface area contributed by atoms with Crippen molar-refractivity contribution in [3.05, 3.63) is 12.8 Å². The van der Waals surface area contributed by atoms with Gasteiger partial charge in [0.25, 0.3) is 0 Å². The van der Waals surface area contributed by atoms with E-state index in [-0.39, 0.29) is 18.0 Å². The Balaban J connectivity index is 4.55. The maximum Gasteiger partial charge on any atom is 0.330 e. The lowest BCUT2D eigenvalue weighted by molar-refractivity contribution is -0.125. The van der Waals surface area contributed by atoms with Gasteiger partial charge in [0.1, 0.15) is 0 Å². The molecule has 0 aliphatic rings. The predicted octanol–water partition coefficient (Wildman–Crippen LogP) is 1.44. The van der Waals surface area contributed by atoms with Gasteiger partial charge in [-0.25, -0.2) is 4.79 Å². The number of urea groups is 1. The highest BCUT2D eigenvalue weighted by Crippen LogP contribution is 2.03. The molecular formula is C9H16N2O2. The number of amides is 3. The maximum atomic E-state index is 11.5. The number of imide groups is 1. The zero-order valence-electron chi connectivity index (χ0n) is 8.57. The number of carbonyl (C=O) groups excluding carboxylic acids is 2. The Morgan fingerprint density at radius 2 is 1.85 bits per heavy atom. The van der Waals surface area contributed by atoms with E-state index in [1.807, 2.05) is 13.8 Å². The van der Waals surface area contributed by atoms with E-state index < -0.39 is 0 Å². The molecule has 4 nitrogen and oxygen atoms in total. The summed E-state index contributed by atoms with van der Waals surface area (Å²) < 4.78 is 0. The number of hydrogen-bond donors (Lipinski definition) is 0. The van der Waals surface area contributed by atoms with Crippen molar-refractivity contribution in [2.75, 3.05) is 7.05 Å². The third-order valence-electron chi connectivity index (χ3n) is 1.73. The van der Waals surface area contributed by atoms with Gasteiger partial charge in [-0.05, 0) is 13.8 Å². The molecule has 0 unspecified atom stereocenters. The van der Waals surface area contributed by atoms with Crippen LogP contribution in [0.2, 0.25) is 0 Å². The second-order valence-corrected chi connectivity index (χ2v) is 3.04. The second-order valence-electron chi connectivity index (χ2n) is 3.04. The molecule has 74 valence electrons. The number of rotatable bonds is 2. The minimum atomic E-state index is -0.350. The van der Waals surface area contributed by atoms with Crippen LogP contribution in [0, 0.1) is 0 Å². The molecule has 0 saturated carbocycles. The van der Waals surface area contributed by atoms with Crippen molar-refractivity contribution in [2.45, 2.75) is 26.8 Å². The third-order valence-corrected chi connectivity index (χ3v) is 1.73. The van der Waals surface area contributed by atoms with Crippen molar-refractivity contribution in [3.63, 3.8) is 0 Å². The van der Waals surface area contributed by atoms with Crippen molar-refractivity contribution in [2.24, 2.45) is 0 Å². The topological polar surface area (TPSA) is 40.6 Å². The van der Waals surface area contributed by atoms with Gasteiger partial charge in [-0.3, -0.25) is 14.6 Å². The van der Waals surface area contributed by atoms with E-state index in [1.165, 1.54) is 25.1 Å². The Hall–Kier alpha value is -1.32. The Morgan fingerprint density at radius 3 is 2.08 bits per heavy atom. The SMILES string of the molecule is C=CN(C(=O)N(C)C(C)=O)C(C)C. The molecule has 0 rings (SSSR count). The summed E-state index contributed by atoms with van der Waals surface area (Å²) in [5.41, 5.74) is 0. The first-order chi connectivity index (χ1) is 5.91. The Labute approximate surface area is 78.8 Å². The normalized spacial score (nSPS) is 9.62. The van der Waals surface area contributed by atoms with Gasteiger partial charge in [-0.15, -0.1) is 0 Å². The number of nitrogens with zero attached hydrogens (tertiary/aromatic N) is 2. The minimum absolute atomic E-state index is 0.00630. The van der Waals surface area contributed by atoms with Crippen LogP contribution in [-0.2, 0) is 4.79 Å². The van der Waals surface area contributed by atoms with Gasteiger partial charge in [0.2, 0.25) is 5.91 Å². The molecule has 0 aromatic heterocycles. The maximum absolute atomic E-state index is 11.5. The van der Waals surface area contributed by atoms with Crippen molar-refractivity contribution in [1.29, 1.82) is 0 Å². The van der Waals surface area contributed by atoms with Crippen molar-refractivity contribution < 1.29 is 9.59 Å². The zero-order chi connectivity index (χ0) is 10.6. The van der Waals surface area contributed by atoms with Crippen LogP contribution in [0.4, 0.5) is 4.79 Å². The summed E-state index contributed by atoms with van der Waals surface area (Å²) in [6, 6.07) is -0.343. The van der Waals surface area contributed by atoms with Crippen LogP contribution < -0.4 is 0 Å². The summed E-state index contributed by atoms with van der Waals surface area (Å²) in [5, 5.41) is 0. The molecule has 0 saturated heterocycles. The lowest BCUT2D eigenvalue weighted by atomic mass is 10.3. The molecule has 0 aromatic rings. The standard InChI is InChI=1S/C9H16N2O2/c1-6-11(7(2)3)9(13)10(5)8(4)12/h6-7H,1H2,2-5H3. The molecule has 13 heavy (non-hydrogen) atoms. The van der Waals surface area contributed by atoms with Gasteiger partial charge in [0.05, 0.1) is 0 Å². The molecule has 0 bridgehead atoms. The summed E-state index contributed by atoms with van der Waals surface area (Å²) >= 11 is 0. The van der Waals surface area contributed by atoms with Gasteiger partial charge in [0.15, 0.2) is 0 Å². The first kappa shape index (κ1) is 11.7. The lowest BCUT2D eigenvalue weighted by Gasteiger charge is -2.26. The fraction of sp³-hybridized carbons (Fsp3) is 0.556.